The molecule has 0 spiro atoms. The average molecular weight is 285 g/mol. The molecule has 1 aromatic rings. The van der Waals surface area contributed by atoms with Crippen LogP contribution in [0.2, 0.25) is 0 Å². The average Bonchev–Trinajstić information content (AvgIpc) is 2.43. The summed E-state index contributed by atoms with van der Waals surface area (Å²) < 4.78 is 10.7. The quantitative estimate of drug-likeness (QED) is 0.517. The van der Waals surface area contributed by atoms with Gasteiger partial charge in [-0.05, 0) is 12.1 Å². The van der Waals surface area contributed by atoms with Gasteiger partial charge in [0.05, 0.1) is 17.6 Å². The topological polar surface area (TPSA) is 122 Å². The van der Waals surface area contributed by atoms with Crippen molar-refractivity contribution in [2.45, 2.75) is 31.0 Å². The van der Waals surface area contributed by atoms with Gasteiger partial charge in [-0.15, -0.1) is 0 Å². The number of nitro groups is 1. The molecule has 1 aromatic carbocycles. The third-order valence-electron chi connectivity index (χ3n) is 3.03. The van der Waals surface area contributed by atoms with Crippen molar-refractivity contribution in [2.75, 3.05) is 6.61 Å². The molecule has 0 saturated carbocycles. The van der Waals surface area contributed by atoms with Crippen molar-refractivity contribution in [1.29, 1.82) is 0 Å². The molecular formula is C12H15NO7. The minimum absolute atomic E-state index is 0.0364. The molecule has 4 atom stereocenters. The Morgan fingerprint density at radius 1 is 1.35 bits per heavy atom. The highest BCUT2D eigenvalue weighted by Gasteiger charge is 2.37. The molecule has 1 saturated heterocycles. The first-order valence-electron chi connectivity index (χ1n) is 6.05. The first kappa shape index (κ1) is 14.7. The lowest BCUT2D eigenvalue weighted by Gasteiger charge is -2.36. The molecule has 0 aromatic heterocycles. The van der Waals surface area contributed by atoms with Crippen molar-refractivity contribution < 1.29 is 29.7 Å². The third kappa shape index (κ3) is 3.23. The lowest BCUT2D eigenvalue weighted by atomic mass is 10.0. The number of nitrogens with zero attached hydrogens (tertiary/aromatic N) is 1. The van der Waals surface area contributed by atoms with Crippen molar-refractivity contribution in [3.05, 3.63) is 34.4 Å². The molecule has 2 rings (SSSR count). The van der Waals surface area contributed by atoms with Gasteiger partial charge in [0, 0.05) is 18.6 Å². The van der Waals surface area contributed by atoms with Gasteiger partial charge in [-0.1, -0.05) is 0 Å². The first-order valence-corrected chi connectivity index (χ1v) is 6.05. The fourth-order valence-corrected chi connectivity index (χ4v) is 1.94. The van der Waals surface area contributed by atoms with E-state index in [1.54, 1.807) is 0 Å². The maximum atomic E-state index is 10.5. The summed E-state index contributed by atoms with van der Waals surface area (Å²) >= 11 is 0. The zero-order chi connectivity index (χ0) is 14.7. The summed E-state index contributed by atoms with van der Waals surface area (Å²) in [6, 6.07) is 5.39. The fraction of sp³-hybridized carbons (Fsp3) is 0.500. The van der Waals surface area contributed by atoms with Gasteiger partial charge in [-0.3, -0.25) is 10.1 Å². The molecule has 8 nitrogen and oxygen atoms in total. The Morgan fingerprint density at radius 2 is 2.00 bits per heavy atom. The number of ether oxygens (including phenoxy) is 2. The van der Waals surface area contributed by atoms with Crippen LogP contribution in [0, 0.1) is 10.1 Å². The summed E-state index contributed by atoms with van der Waals surface area (Å²) in [6.07, 6.45) is -3.97. The van der Waals surface area contributed by atoms with Crippen molar-refractivity contribution in [1.82, 2.24) is 0 Å². The molecule has 1 aliphatic heterocycles. The fourth-order valence-electron chi connectivity index (χ4n) is 1.94. The van der Waals surface area contributed by atoms with Gasteiger partial charge >= 0.3 is 0 Å². The van der Waals surface area contributed by atoms with Crippen LogP contribution in [-0.2, 0) is 4.74 Å². The largest absolute Gasteiger partial charge is 0.465 e. The van der Waals surface area contributed by atoms with E-state index in [2.05, 4.69) is 0 Å². The van der Waals surface area contributed by atoms with E-state index in [1.165, 1.54) is 24.3 Å². The molecule has 8 heteroatoms. The summed E-state index contributed by atoms with van der Waals surface area (Å²) in [5.41, 5.74) is -0.0643. The number of hydrogen-bond donors (Lipinski definition) is 3. The van der Waals surface area contributed by atoms with E-state index in [4.69, 9.17) is 14.6 Å². The Balaban J connectivity index is 2.00. The highest BCUT2D eigenvalue weighted by atomic mass is 16.7. The van der Waals surface area contributed by atoms with Crippen LogP contribution in [0.25, 0.3) is 0 Å². The van der Waals surface area contributed by atoms with E-state index >= 15 is 0 Å². The number of aliphatic hydroxyl groups excluding tert-OH is 3. The van der Waals surface area contributed by atoms with Gasteiger partial charge < -0.3 is 24.8 Å². The Hall–Kier alpha value is -1.74. The summed E-state index contributed by atoms with van der Waals surface area (Å²) in [5.74, 6) is 0.334. The number of benzene rings is 1. The Labute approximate surface area is 114 Å². The van der Waals surface area contributed by atoms with Crippen molar-refractivity contribution in [3.63, 3.8) is 0 Å². The van der Waals surface area contributed by atoms with E-state index in [9.17, 15) is 20.3 Å². The zero-order valence-corrected chi connectivity index (χ0v) is 10.5. The zero-order valence-electron chi connectivity index (χ0n) is 10.5. The summed E-state index contributed by atoms with van der Waals surface area (Å²) in [6.45, 7) is -0.446. The molecule has 20 heavy (non-hydrogen) atoms. The van der Waals surface area contributed by atoms with E-state index in [1.807, 2.05) is 0 Å². The highest BCUT2D eigenvalue weighted by Crippen LogP contribution is 2.24. The minimum Gasteiger partial charge on any atom is -0.465 e. The molecule has 1 unspecified atom stereocenters. The van der Waals surface area contributed by atoms with E-state index in [0.717, 1.165) is 0 Å². The Bertz CT molecular complexity index is 463. The second-order valence-electron chi connectivity index (χ2n) is 4.45. The standard InChI is InChI=1S/C12H15NO7/c14-6-10-12(16)9(15)5-11(20-10)19-8-3-1-7(2-4-8)13(17)18/h1-4,9-12,14-16H,5-6H2/t9-,10?,11+,12-/m0/s1. The monoisotopic (exact) mass is 285 g/mol. The maximum absolute atomic E-state index is 10.5. The number of aliphatic hydroxyl groups is 3. The molecule has 1 fully saturated rings. The second-order valence-corrected chi connectivity index (χ2v) is 4.45. The minimum atomic E-state index is -1.17. The molecule has 3 N–H and O–H groups in total. The molecule has 0 aliphatic carbocycles. The normalized spacial score (nSPS) is 29.9. The van der Waals surface area contributed by atoms with Gasteiger partial charge in [0.25, 0.3) is 5.69 Å². The van der Waals surface area contributed by atoms with Crippen LogP contribution in [0.4, 0.5) is 5.69 Å². The van der Waals surface area contributed by atoms with Crippen molar-refractivity contribution in [2.24, 2.45) is 0 Å². The van der Waals surface area contributed by atoms with E-state index < -0.39 is 36.1 Å². The molecule has 0 bridgehead atoms. The first-order chi connectivity index (χ1) is 9.51. The predicted molar refractivity (Wildman–Crippen MR) is 66.1 cm³/mol. The second kappa shape index (κ2) is 6.14. The smallest absolute Gasteiger partial charge is 0.269 e. The Morgan fingerprint density at radius 3 is 2.55 bits per heavy atom. The van der Waals surface area contributed by atoms with Gasteiger partial charge in [-0.25, -0.2) is 0 Å². The van der Waals surface area contributed by atoms with Gasteiger partial charge in [0.2, 0.25) is 6.29 Å². The number of nitro benzene ring substituents is 1. The molecule has 1 heterocycles. The highest BCUT2D eigenvalue weighted by molar-refractivity contribution is 5.36. The molecule has 0 amide bonds. The predicted octanol–water partition coefficient (Wildman–Crippen LogP) is -0.197. The van der Waals surface area contributed by atoms with Crippen LogP contribution < -0.4 is 4.74 Å². The molecule has 1 aliphatic rings. The van der Waals surface area contributed by atoms with Crippen molar-refractivity contribution >= 4 is 5.69 Å². The number of rotatable bonds is 4. The van der Waals surface area contributed by atoms with Crippen LogP contribution in [-0.4, -0.2) is 51.5 Å². The molecule has 110 valence electrons. The van der Waals surface area contributed by atoms with Crippen LogP contribution in [0.3, 0.4) is 0 Å². The van der Waals surface area contributed by atoms with Crippen LogP contribution in [0.5, 0.6) is 5.75 Å². The van der Waals surface area contributed by atoms with Crippen molar-refractivity contribution in [3.8, 4) is 5.75 Å². The molecular weight excluding hydrogens is 270 g/mol. The van der Waals surface area contributed by atoms with Gasteiger partial charge in [0.1, 0.15) is 18.0 Å². The maximum Gasteiger partial charge on any atom is 0.269 e. The Kier molecular flexibility index (Phi) is 4.50. The van der Waals surface area contributed by atoms with E-state index in [0.29, 0.717) is 5.75 Å². The van der Waals surface area contributed by atoms with Gasteiger partial charge in [0.15, 0.2) is 0 Å². The van der Waals surface area contributed by atoms with Crippen LogP contribution in [0.15, 0.2) is 24.3 Å². The molecule has 0 radical (unpaired) electrons. The summed E-state index contributed by atoms with van der Waals surface area (Å²) in [7, 11) is 0. The lowest BCUT2D eigenvalue weighted by molar-refractivity contribution is -0.384. The van der Waals surface area contributed by atoms with Crippen LogP contribution in [0.1, 0.15) is 6.42 Å². The summed E-state index contributed by atoms with van der Waals surface area (Å²) in [4.78, 5) is 9.99. The SMILES string of the molecule is O=[N+]([O-])c1ccc(O[C@H]2C[C@H](O)[C@H](O)C(CO)O2)cc1. The number of non-ortho nitro benzene ring substituents is 1. The third-order valence-corrected chi connectivity index (χ3v) is 3.03. The van der Waals surface area contributed by atoms with E-state index in [-0.39, 0.29) is 12.1 Å². The van der Waals surface area contributed by atoms with Gasteiger partial charge in [-0.2, -0.15) is 0 Å². The lowest BCUT2D eigenvalue weighted by Crippen LogP contribution is -2.51. The number of hydrogen-bond acceptors (Lipinski definition) is 7. The summed E-state index contributed by atoms with van der Waals surface area (Å²) in [5, 5.41) is 38.7. The van der Waals surface area contributed by atoms with Crippen LogP contribution >= 0.6 is 0 Å².